The summed E-state index contributed by atoms with van der Waals surface area (Å²) >= 11 is 0. The summed E-state index contributed by atoms with van der Waals surface area (Å²) in [6.07, 6.45) is 0.0192. The average molecular weight is 241 g/mol. The van der Waals surface area contributed by atoms with E-state index in [1.807, 2.05) is 0 Å². The van der Waals surface area contributed by atoms with Gasteiger partial charge in [0.2, 0.25) is 5.91 Å². The smallest absolute Gasteiger partial charge is 0.229 e. The van der Waals surface area contributed by atoms with Crippen molar-refractivity contribution in [3.05, 3.63) is 24.0 Å². The van der Waals surface area contributed by atoms with Crippen molar-refractivity contribution in [2.24, 2.45) is 0 Å². The number of aliphatic hydroxyl groups excluding tert-OH is 1. The van der Waals surface area contributed by atoms with Crippen LogP contribution in [0.1, 0.15) is 13.3 Å². The van der Waals surface area contributed by atoms with Crippen LogP contribution in [0.15, 0.2) is 18.2 Å². The van der Waals surface area contributed by atoms with E-state index in [-0.39, 0.29) is 24.7 Å². The molecule has 0 heterocycles. The van der Waals surface area contributed by atoms with Gasteiger partial charge in [0, 0.05) is 18.8 Å². The van der Waals surface area contributed by atoms with E-state index in [9.17, 15) is 9.18 Å². The van der Waals surface area contributed by atoms with Crippen molar-refractivity contribution in [1.29, 1.82) is 0 Å². The zero-order chi connectivity index (χ0) is 12.8. The number of benzene rings is 1. The number of hydrogen-bond donors (Lipinski definition) is 1. The number of aliphatic hydroxyl groups is 1. The molecular weight excluding hydrogens is 225 g/mol. The highest BCUT2D eigenvalue weighted by Gasteiger charge is 2.12. The van der Waals surface area contributed by atoms with Crippen LogP contribution in [0.25, 0.3) is 0 Å². The Morgan fingerprint density at radius 2 is 2.24 bits per heavy atom. The lowest BCUT2D eigenvalue weighted by Crippen LogP contribution is -2.26. The Hall–Kier alpha value is -1.62. The lowest BCUT2D eigenvalue weighted by molar-refractivity contribution is -0.118. The lowest BCUT2D eigenvalue weighted by Gasteiger charge is -2.17. The predicted octanol–water partition coefficient (Wildman–Crippen LogP) is 1.57. The Bertz CT molecular complexity index is 395. The molecular formula is C12H16FNO3. The molecule has 0 aliphatic heterocycles. The van der Waals surface area contributed by atoms with E-state index in [0.717, 1.165) is 0 Å². The van der Waals surface area contributed by atoms with Crippen LogP contribution in [-0.4, -0.2) is 31.3 Å². The number of hydrogen-bond acceptors (Lipinski definition) is 3. The van der Waals surface area contributed by atoms with Gasteiger partial charge in [0.1, 0.15) is 0 Å². The molecule has 0 atom stereocenters. The summed E-state index contributed by atoms with van der Waals surface area (Å²) < 4.78 is 18.6. The fraction of sp³-hybridized carbons (Fsp3) is 0.417. The first kappa shape index (κ1) is 13.4. The number of halogens is 1. The fourth-order valence-electron chi connectivity index (χ4n) is 1.38. The Morgan fingerprint density at radius 1 is 1.53 bits per heavy atom. The Kier molecular flexibility index (Phi) is 4.90. The van der Waals surface area contributed by atoms with Gasteiger partial charge in [-0.05, 0) is 19.1 Å². The van der Waals surface area contributed by atoms with Gasteiger partial charge in [-0.2, -0.15) is 0 Å². The second-order valence-corrected chi connectivity index (χ2v) is 3.47. The van der Waals surface area contributed by atoms with Gasteiger partial charge in [-0.1, -0.05) is 0 Å². The van der Waals surface area contributed by atoms with Crippen LogP contribution in [0.5, 0.6) is 5.75 Å². The summed E-state index contributed by atoms with van der Waals surface area (Å²) in [4.78, 5) is 12.8. The molecule has 5 heteroatoms. The number of amides is 1. The maximum Gasteiger partial charge on any atom is 0.229 e. The zero-order valence-electron chi connectivity index (χ0n) is 9.94. The maximum absolute atomic E-state index is 13.5. The summed E-state index contributed by atoms with van der Waals surface area (Å²) in [6, 6.07) is 4.32. The van der Waals surface area contributed by atoms with Crippen molar-refractivity contribution >= 4 is 11.6 Å². The van der Waals surface area contributed by atoms with E-state index in [1.165, 1.54) is 24.1 Å². The minimum atomic E-state index is -0.506. The van der Waals surface area contributed by atoms with Crippen molar-refractivity contribution in [2.45, 2.75) is 13.3 Å². The molecule has 4 nitrogen and oxygen atoms in total. The highest BCUT2D eigenvalue weighted by molar-refractivity contribution is 5.92. The third-order valence-corrected chi connectivity index (χ3v) is 2.30. The number of carbonyl (C=O) groups excluding carboxylic acids is 1. The van der Waals surface area contributed by atoms with Crippen LogP contribution in [0.4, 0.5) is 10.1 Å². The van der Waals surface area contributed by atoms with E-state index in [1.54, 1.807) is 13.0 Å². The molecule has 0 aliphatic rings. The number of nitrogens with zero attached hydrogens (tertiary/aromatic N) is 1. The number of ether oxygens (including phenoxy) is 1. The van der Waals surface area contributed by atoms with Crippen molar-refractivity contribution in [3.8, 4) is 5.75 Å². The lowest BCUT2D eigenvalue weighted by atomic mass is 10.2. The molecule has 0 unspecified atom stereocenters. The quantitative estimate of drug-likeness (QED) is 0.851. The molecule has 0 fully saturated rings. The molecule has 1 N–H and O–H groups in total. The van der Waals surface area contributed by atoms with Crippen LogP contribution in [0.2, 0.25) is 0 Å². The molecule has 1 amide bonds. The van der Waals surface area contributed by atoms with E-state index < -0.39 is 5.82 Å². The monoisotopic (exact) mass is 241 g/mol. The van der Waals surface area contributed by atoms with Crippen molar-refractivity contribution in [2.75, 3.05) is 25.2 Å². The number of rotatable bonds is 5. The van der Waals surface area contributed by atoms with Gasteiger partial charge >= 0.3 is 0 Å². The molecule has 17 heavy (non-hydrogen) atoms. The van der Waals surface area contributed by atoms with Crippen LogP contribution in [0.3, 0.4) is 0 Å². The molecule has 0 aliphatic carbocycles. The third kappa shape index (κ3) is 3.42. The topological polar surface area (TPSA) is 49.8 Å². The Morgan fingerprint density at radius 3 is 2.76 bits per heavy atom. The SMILES string of the molecule is CCOc1ccc(N(C)C(=O)CCO)cc1F. The summed E-state index contributed by atoms with van der Waals surface area (Å²) in [6.45, 7) is 1.93. The molecule has 0 radical (unpaired) electrons. The van der Waals surface area contributed by atoms with Gasteiger partial charge in [0.15, 0.2) is 11.6 Å². The second kappa shape index (κ2) is 6.20. The first-order valence-electron chi connectivity index (χ1n) is 5.40. The Balaban J connectivity index is 2.85. The van der Waals surface area contributed by atoms with Gasteiger partial charge in [0.25, 0.3) is 0 Å². The van der Waals surface area contributed by atoms with Gasteiger partial charge in [-0.25, -0.2) is 4.39 Å². The number of anilines is 1. The first-order chi connectivity index (χ1) is 8.10. The molecule has 0 saturated carbocycles. The summed E-state index contributed by atoms with van der Waals surface area (Å²) in [7, 11) is 1.53. The molecule has 0 bridgehead atoms. The number of carbonyl (C=O) groups is 1. The summed E-state index contributed by atoms with van der Waals surface area (Å²) in [5, 5.41) is 8.66. The van der Waals surface area contributed by atoms with Crippen molar-refractivity contribution in [3.63, 3.8) is 0 Å². The minimum absolute atomic E-state index is 0.0192. The minimum Gasteiger partial charge on any atom is -0.491 e. The third-order valence-electron chi connectivity index (χ3n) is 2.30. The van der Waals surface area contributed by atoms with E-state index in [0.29, 0.717) is 12.3 Å². The van der Waals surface area contributed by atoms with Gasteiger partial charge in [-0.15, -0.1) is 0 Å². The van der Waals surface area contributed by atoms with Gasteiger partial charge in [0.05, 0.1) is 19.6 Å². The second-order valence-electron chi connectivity index (χ2n) is 3.47. The van der Waals surface area contributed by atoms with E-state index in [4.69, 9.17) is 9.84 Å². The van der Waals surface area contributed by atoms with Crippen LogP contribution < -0.4 is 9.64 Å². The van der Waals surface area contributed by atoms with E-state index >= 15 is 0 Å². The summed E-state index contributed by atoms with van der Waals surface area (Å²) in [5.41, 5.74) is 0.435. The predicted molar refractivity (Wildman–Crippen MR) is 62.7 cm³/mol. The highest BCUT2D eigenvalue weighted by atomic mass is 19.1. The zero-order valence-corrected chi connectivity index (χ0v) is 9.94. The maximum atomic E-state index is 13.5. The molecule has 0 aromatic heterocycles. The van der Waals surface area contributed by atoms with Crippen molar-refractivity contribution in [1.82, 2.24) is 0 Å². The average Bonchev–Trinajstić information content (AvgIpc) is 2.31. The largest absolute Gasteiger partial charge is 0.491 e. The van der Waals surface area contributed by atoms with Crippen LogP contribution in [0, 0.1) is 5.82 Å². The van der Waals surface area contributed by atoms with Gasteiger partial charge in [-0.3, -0.25) is 4.79 Å². The molecule has 1 rings (SSSR count). The van der Waals surface area contributed by atoms with Crippen molar-refractivity contribution < 1.29 is 19.0 Å². The Labute approximate surface area is 99.6 Å². The standard InChI is InChI=1S/C12H16FNO3/c1-3-17-11-5-4-9(8-10(11)13)14(2)12(16)6-7-15/h4-5,8,15H,3,6-7H2,1-2H3. The molecule has 1 aromatic rings. The molecule has 0 saturated heterocycles. The molecule has 0 spiro atoms. The van der Waals surface area contributed by atoms with Gasteiger partial charge < -0.3 is 14.7 Å². The highest BCUT2D eigenvalue weighted by Crippen LogP contribution is 2.23. The van der Waals surface area contributed by atoms with E-state index in [2.05, 4.69) is 0 Å². The van der Waals surface area contributed by atoms with Crippen LogP contribution >= 0.6 is 0 Å². The molecule has 94 valence electrons. The summed E-state index contributed by atoms with van der Waals surface area (Å²) in [5.74, 6) is -0.608. The molecule has 1 aromatic carbocycles. The normalized spacial score (nSPS) is 10.1. The first-order valence-corrected chi connectivity index (χ1v) is 5.40. The van der Waals surface area contributed by atoms with Crippen LogP contribution in [-0.2, 0) is 4.79 Å². The fourth-order valence-corrected chi connectivity index (χ4v) is 1.38.